The lowest BCUT2D eigenvalue weighted by Crippen LogP contribution is -2.05. The summed E-state index contributed by atoms with van der Waals surface area (Å²) in [5.41, 5.74) is 7.25. The van der Waals surface area contributed by atoms with E-state index in [0.29, 0.717) is 22.5 Å². The van der Waals surface area contributed by atoms with Crippen LogP contribution in [0.15, 0.2) is 24.4 Å². The van der Waals surface area contributed by atoms with Crippen LogP contribution in [0.25, 0.3) is 0 Å². The van der Waals surface area contributed by atoms with E-state index in [9.17, 15) is 9.50 Å². The fourth-order valence-corrected chi connectivity index (χ4v) is 1.63. The summed E-state index contributed by atoms with van der Waals surface area (Å²) < 4.78 is 14.9. The first-order valence-electron chi connectivity index (χ1n) is 5.22. The largest absolute Gasteiger partial charge is 0.384 e. The summed E-state index contributed by atoms with van der Waals surface area (Å²) in [7, 11) is 1.68. The molecule has 90 valence electrons. The maximum Gasteiger partial charge on any atom is 0.127 e. The van der Waals surface area contributed by atoms with Gasteiger partial charge in [0.15, 0.2) is 0 Å². The van der Waals surface area contributed by atoms with Crippen LogP contribution in [0.4, 0.5) is 10.2 Å². The first kappa shape index (κ1) is 11.6. The van der Waals surface area contributed by atoms with Crippen molar-refractivity contribution in [1.82, 2.24) is 9.78 Å². The maximum atomic E-state index is 13.4. The molecule has 17 heavy (non-hydrogen) atoms. The van der Waals surface area contributed by atoms with Crippen LogP contribution in [0.5, 0.6) is 0 Å². The Hall–Kier alpha value is -1.88. The zero-order valence-electron chi connectivity index (χ0n) is 9.68. The SMILES string of the molecule is Cc1ccc(C(O)c2cnn(C)c2N)cc1F. The molecule has 4 nitrogen and oxygen atoms in total. The zero-order chi connectivity index (χ0) is 12.6. The first-order valence-corrected chi connectivity index (χ1v) is 5.22. The summed E-state index contributed by atoms with van der Waals surface area (Å²) in [5, 5.41) is 14.0. The lowest BCUT2D eigenvalue weighted by molar-refractivity contribution is 0.220. The number of benzene rings is 1. The lowest BCUT2D eigenvalue weighted by atomic mass is 10.0. The van der Waals surface area contributed by atoms with Gasteiger partial charge in [0.1, 0.15) is 17.7 Å². The molecule has 3 N–H and O–H groups in total. The summed E-state index contributed by atoms with van der Waals surface area (Å²) in [5.74, 6) is 0.0301. The van der Waals surface area contributed by atoms with Crippen molar-refractivity contribution in [2.75, 3.05) is 5.73 Å². The average molecular weight is 235 g/mol. The fourth-order valence-electron chi connectivity index (χ4n) is 1.63. The molecule has 0 saturated heterocycles. The van der Waals surface area contributed by atoms with Gasteiger partial charge in [-0.1, -0.05) is 12.1 Å². The van der Waals surface area contributed by atoms with Crippen LogP contribution in [-0.2, 0) is 7.05 Å². The third-order valence-electron chi connectivity index (χ3n) is 2.82. The minimum atomic E-state index is -0.959. The van der Waals surface area contributed by atoms with Gasteiger partial charge < -0.3 is 10.8 Å². The molecule has 2 rings (SSSR count). The van der Waals surface area contributed by atoms with E-state index in [1.165, 1.54) is 16.9 Å². The maximum absolute atomic E-state index is 13.4. The van der Waals surface area contributed by atoms with E-state index in [1.54, 1.807) is 26.1 Å². The number of rotatable bonds is 2. The minimum Gasteiger partial charge on any atom is -0.384 e. The molecule has 0 saturated carbocycles. The molecule has 0 aliphatic rings. The molecule has 2 aromatic rings. The predicted octanol–water partition coefficient (Wildman–Crippen LogP) is 1.53. The van der Waals surface area contributed by atoms with Gasteiger partial charge in [-0.05, 0) is 24.1 Å². The van der Waals surface area contributed by atoms with Crippen molar-refractivity contribution in [3.63, 3.8) is 0 Å². The second-order valence-electron chi connectivity index (χ2n) is 4.02. The summed E-state index contributed by atoms with van der Waals surface area (Å²) in [6, 6.07) is 4.61. The molecule has 5 heteroatoms. The topological polar surface area (TPSA) is 64.1 Å². The Morgan fingerprint density at radius 3 is 2.71 bits per heavy atom. The van der Waals surface area contributed by atoms with E-state index in [0.717, 1.165) is 0 Å². The Morgan fingerprint density at radius 2 is 2.18 bits per heavy atom. The van der Waals surface area contributed by atoms with Crippen LogP contribution in [0.2, 0.25) is 0 Å². The minimum absolute atomic E-state index is 0.344. The average Bonchev–Trinajstić information content (AvgIpc) is 2.63. The number of nitrogens with two attached hydrogens (primary N) is 1. The molecule has 0 fully saturated rings. The first-order chi connectivity index (χ1) is 8.00. The normalized spacial score (nSPS) is 12.7. The molecule has 1 atom stereocenters. The Balaban J connectivity index is 2.40. The van der Waals surface area contributed by atoms with E-state index in [1.807, 2.05) is 0 Å². The molecular weight excluding hydrogens is 221 g/mol. The third kappa shape index (κ3) is 2.01. The van der Waals surface area contributed by atoms with Gasteiger partial charge in [0, 0.05) is 12.6 Å². The third-order valence-corrected chi connectivity index (χ3v) is 2.82. The van der Waals surface area contributed by atoms with E-state index in [4.69, 9.17) is 5.73 Å². The molecule has 1 unspecified atom stereocenters. The Morgan fingerprint density at radius 1 is 1.47 bits per heavy atom. The van der Waals surface area contributed by atoms with Crippen molar-refractivity contribution in [3.05, 3.63) is 46.9 Å². The number of nitrogen functional groups attached to an aromatic ring is 1. The molecule has 0 aliphatic heterocycles. The van der Waals surface area contributed by atoms with Gasteiger partial charge in [0.2, 0.25) is 0 Å². The molecular formula is C12H14FN3O. The van der Waals surface area contributed by atoms with Gasteiger partial charge >= 0.3 is 0 Å². The van der Waals surface area contributed by atoms with Gasteiger partial charge in [-0.15, -0.1) is 0 Å². The number of aliphatic hydroxyl groups is 1. The number of aliphatic hydroxyl groups excluding tert-OH is 1. The standard InChI is InChI=1S/C12H14FN3O/c1-7-3-4-8(5-10(7)13)11(17)9-6-15-16(2)12(9)14/h3-6,11,17H,14H2,1-2H3. The molecule has 1 heterocycles. The van der Waals surface area contributed by atoms with Gasteiger partial charge in [-0.25, -0.2) is 4.39 Å². The highest BCUT2D eigenvalue weighted by molar-refractivity contribution is 5.44. The van der Waals surface area contributed by atoms with Crippen LogP contribution in [0.3, 0.4) is 0 Å². The van der Waals surface area contributed by atoms with Crippen molar-refractivity contribution >= 4 is 5.82 Å². The highest BCUT2D eigenvalue weighted by Gasteiger charge is 2.17. The number of halogens is 1. The van der Waals surface area contributed by atoms with Gasteiger partial charge in [0.05, 0.1) is 6.20 Å². The quantitative estimate of drug-likeness (QED) is 0.829. The summed E-state index contributed by atoms with van der Waals surface area (Å²) in [6.07, 6.45) is 0.524. The second kappa shape index (κ2) is 4.18. The number of aromatic nitrogens is 2. The van der Waals surface area contributed by atoms with Crippen LogP contribution < -0.4 is 5.73 Å². The number of anilines is 1. The highest BCUT2D eigenvalue weighted by atomic mass is 19.1. The number of hydrogen-bond donors (Lipinski definition) is 2. The summed E-state index contributed by atoms with van der Waals surface area (Å²) in [4.78, 5) is 0. The van der Waals surface area contributed by atoms with E-state index >= 15 is 0 Å². The molecule has 0 amide bonds. The highest BCUT2D eigenvalue weighted by Crippen LogP contribution is 2.26. The van der Waals surface area contributed by atoms with Crippen molar-refractivity contribution in [1.29, 1.82) is 0 Å². The van der Waals surface area contributed by atoms with Crippen LogP contribution in [0.1, 0.15) is 22.8 Å². The molecule has 1 aromatic heterocycles. The lowest BCUT2D eigenvalue weighted by Gasteiger charge is -2.11. The van der Waals surface area contributed by atoms with Crippen LogP contribution >= 0.6 is 0 Å². The number of aryl methyl sites for hydroxylation is 2. The number of hydrogen-bond acceptors (Lipinski definition) is 3. The summed E-state index contributed by atoms with van der Waals surface area (Å²) in [6.45, 7) is 1.67. The molecule has 0 spiro atoms. The van der Waals surface area contributed by atoms with Crippen LogP contribution in [-0.4, -0.2) is 14.9 Å². The molecule has 1 aromatic carbocycles. The van der Waals surface area contributed by atoms with Crippen molar-refractivity contribution in [2.24, 2.45) is 7.05 Å². The molecule has 0 bridgehead atoms. The van der Waals surface area contributed by atoms with Gasteiger partial charge in [-0.3, -0.25) is 4.68 Å². The number of nitrogens with zero attached hydrogens (tertiary/aromatic N) is 2. The van der Waals surface area contributed by atoms with E-state index in [2.05, 4.69) is 5.10 Å². The van der Waals surface area contributed by atoms with Crippen molar-refractivity contribution < 1.29 is 9.50 Å². The fraction of sp³-hybridized carbons (Fsp3) is 0.250. The van der Waals surface area contributed by atoms with Crippen molar-refractivity contribution in [2.45, 2.75) is 13.0 Å². The Kier molecular flexibility index (Phi) is 2.85. The second-order valence-corrected chi connectivity index (χ2v) is 4.02. The van der Waals surface area contributed by atoms with Gasteiger partial charge in [0.25, 0.3) is 0 Å². The molecule has 0 aliphatic carbocycles. The van der Waals surface area contributed by atoms with E-state index < -0.39 is 6.10 Å². The predicted molar refractivity (Wildman–Crippen MR) is 62.8 cm³/mol. The molecule has 0 radical (unpaired) electrons. The Bertz CT molecular complexity index is 551. The van der Waals surface area contributed by atoms with Crippen LogP contribution in [0, 0.1) is 12.7 Å². The zero-order valence-corrected chi connectivity index (χ0v) is 9.68. The van der Waals surface area contributed by atoms with Crippen molar-refractivity contribution in [3.8, 4) is 0 Å². The Labute approximate surface area is 98.5 Å². The summed E-state index contributed by atoms with van der Waals surface area (Å²) >= 11 is 0. The van der Waals surface area contributed by atoms with E-state index in [-0.39, 0.29) is 5.82 Å². The monoisotopic (exact) mass is 235 g/mol. The smallest absolute Gasteiger partial charge is 0.127 e. The van der Waals surface area contributed by atoms with Gasteiger partial charge in [-0.2, -0.15) is 5.10 Å².